The summed E-state index contributed by atoms with van der Waals surface area (Å²) < 4.78 is 18.2. The molecule has 7 heteroatoms. The number of piperidine rings is 1. The molecule has 1 saturated heterocycles. The van der Waals surface area contributed by atoms with Crippen molar-refractivity contribution in [3.63, 3.8) is 0 Å². The van der Waals surface area contributed by atoms with Crippen molar-refractivity contribution in [3.05, 3.63) is 66.0 Å². The molecule has 2 aromatic carbocycles. The number of amides is 2. The van der Waals surface area contributed by atoms with Gasteiger partial charge in [-0.1, -0.05) is 18.2 Å². The van der Waals surface area contributed by atoms with E-state index in [1.54, 1.807) is 24.1 Å². The van der Waals surface area contributed by atoms with E-state index >= 15 is 0 Å². The molecular weight excluding hydrogens is 375 g/mol. The number of halogens is 1. The van der Waals surface area contributed by atoms with Gasteiger partial charge >= 0.3 is 5.97 Å². The maximum atomic E-state index is 13.0. The number of esters is 1. The van der Waals surface area contributed by atoms with Gasteiger partial charge < -0.3 is 14.5 Å². The van der Waals surface area contributed by atoms with Gasteiger partial charge in [0.15, 0.2) is 6.61 Å². The molecule has 1 aliphatic heterocycles. The summed E-state index contributed by atoms with van der Waals surface area (Å²) in [6.45, 7) is 0.501. The van der Waals surface area contributed by atoms with Crippen LogP contribution in [-0.4, -0.2) is 49.4 Å². The van der Waals surface area contributed by atoms with Crippen molar-refractivity contribution >= 4 is 23.5 Å². The average molecular weight is 398 g/mol. The van der Waals surface area contributed by atoms with Crippen molar-refractivity contribution < 1.29 is 23.5 Å². The third-order valence-electron chi connectivity index (χ3n) is 5.06. The van der Waals surface area contributed by atoms with Crippen LogP contribution in [0.4, 0.5) is 10.1 Å². The van der Waals surface area contributed by atoms with Crippen LogP contribution in [0.5, 0.6) is 0 Å². The fraction of sp³-hybridized carbons (Fsp3) is 0.318. The highest BCUT2D eigenvalue weighted by Crippen LogP contribution is 2.21. The fourth-order valence-electron chi connectivity index (χ4n) is 3.24. The van der Waals surface area contributed by atoms with Crippen LogP contribution in [0.3, 0.4) is 0 Å². The Balaban J connectivity index is 1.45. The van der Waals surface area contributed by atoms with E-state index in [2.05, 4.69) is 0 Å². The summed E-state index contributed by atoms with van der Waals surface area (Å²) in [5.74, 6) is -1.66. The molecule has 1 fully saturated rings. The number of carbonyl (C=O) groups excluding carboxylic acids is 3. The number of likely N-dealkylation sites (tertiary alicyclic amines) is 1. The molecule has 2 aromatic rings. The Hall–Kier alpha value is -3.22. The third kappa shape index (κ3) is 5.19. The van der Waals surface area contributed by atoms with E-state index in [1.165, 1.54) is 29.2 Å². The van der Waals surface area contributed by atoms with Gasteiger partial charge in [-0.15, -0.1) is 0 Å². The maximum absolute atomic E-state index is 13.0. The van der Waals surface area contributed by atoms with Gasteiger partial charge in [0.1, 0.15) is 5.82 Å². The minimum atomic E-state index is -0.423. The molecule has 1 heterocycles. The Kier molecular flexibility index (Phi) is 6.59. The van der Waals surface area contributed by atoms with Gasteiger partial charge in [-0.2, -0.15) is 0 Å². The van der Waals surface area contributed by atoms with Crippen molar-refractivity contribution in [3.8, 4) is 0 Å². The average Bonchev–Trinajstić information content (AvgIpc) is 2.77. The molecule has 0 atom stereocenters. The molecule has 0 spiro atoms. The second kappa shape index (κ2) is 9.32. The minimum absolute atomic E-state index is 0.184. The zero-order valence-electron chi connectivity index (χ0n) is 16.2. The van der Waals surface area contributed by atoms with Gasteiger partial charge in [0.2, 0.25) is 0 Å². The number of rotatable bonds is 5. The Morgan fingerprint density at radius 1 is 1.03 bits per heavy atom. The quantitative estimate of drug-likeness (QED) is 0.727. The molecule has 1 aliphatic rings. The van der Waals surface area contributed by atoms with E-state index < -0.39 is 11.8 Å². The SMILES string of the molecule is CN(C(=O)COC(=O)C1CCN(C(=O)c2ccc(F)cc2)CC1)c1ccccc1. The number of likely N-dealkylation sites (N-methyl/N-ethyl adjacent to an activating group) is 1. The fourth-order valence-corrected chi connectivity index (χ4v) is 3.24. The van der Waals surface area contributed by atoms with Crippen molar-refractivity contribution in [1.82, 2.24) is 4.90 Å². The summed E-state index contributed by atoms with van der Waals surface area (Å²) in [7, 11) is 1.63. The summed E-state index contributed by atoms with van der Waals surface area (Å²) in [4.78, 5) is 40.1. The van der Waals surface area contributed by atoms with E-state index in [0.29, 0.717) is 31.5 Å². The first-order valence-corrected chi connectivity index (χ1v) is 9.49. The van der Waals surface area contributed by atoms with Crippen LogP contribution in [0.15, 0.2) is 54.6 Å². The highest BCUT2D eigenvalue weighted by atomic mass is 19.1. The first-order valence-electron chi connectivity index (χ1n) is 9.49. The van der Waals surface area contributed by atoms with E-state index in [0.717, 1.165) is 5.69 Å². The molecule has 3 rings (SSSR count). The van der Waals surface area contributed by atoms with Crippen LogP contribution in [0.2, 0.25) is 0 Å². The molecule has 0 N–H and O–H groups in total. The summed E-state index contributed by atoms with van der Waals surface area (Å²) in [6.07, 6.45) is 0.933. The number of benzene rings is 2. The molecular formula is C22H23FN2O4. The van der Waals surface area contributed by atoms with Gasteiger partial charge in [0, 0.05) is 31.4 Å². The number of nitrogens with zero attached hydrogens (tertiary/aromatic N) is 2. The normalized spacial score (nSPS) is 14.3. The van der Waals surface area contributed by atoms with Gasteiger partial charge in [-0.3, -0.25) is 14.4 Å². The zero-order chi connectivity index (χ0) is 20.8. The lowest BCUT2D eigenvalue weighted by atomic mass is 9.96. The number of carbonyl (C=O) groups is 3. The topological polar surface area (TPSA) is 66.9 Å². The molecule has 0 saturated carbocycles. The van der Waals surface area contributed by atoms with Gasteiger partial charge in [0.25, 0.3) is 11.8 Å². The van der Waals surface area contributed by atoms with Crippen LogP contribution < -0.4 is 4.90 Å². The third-order valence-corrected chi connectivity index (χ3v) is 5.06. The maximum Gasteiger partial charge on any atom is 0.309 e. The first kappa shape index (κ1) is 20.5. The van der Waals surface area contributed by atoms with Crippen LogP contribution in [-0.2, 0) is 14.3 Å². The summed E-state index contributed by atoms with van der Waals surface area (Å²) in [5, 5.41) is 0. The van der Waals surface area contributed by atoms with Crippen molar-refractivity contribution in [2.75, 3.05) is 31.6 Å². The van der Waals surface area contributed by atoms with E-state index in [1.807, 2.05) is 18.2 Å². The van der Waals surface area contributed by atoms with Gasteiger partial charge in [-0.05, 0) is 49.2 Å². The molecule has 0 aliphatic carbocycles. The second-order valence-corrected chi connectivity index (χ2v) is 6.97. The summed E-state index contributed by atoms with van der Waals surface area (Å²) >= 11 is 0. The zero-order valence-corrected chi connectivity index (χ0v) is 16.2. The molecule has 0 aromatic heterocycles. The van der Waals surface area contributed by atoms with Crippen molar-refractivity contribution in [1.29, 1.82) is 0 Å². The molecule has 0 unspecified atom stereocenters. The van der Waals surface area contributed by atoms with Crippen LogP contribution in [0.1, 0.15) is 23.2 Å². The second-order valence-electron chi connectivity index (χ2n) is 6.97. The summed E-state index contributed by atoms with van der Waals surface area (Å²) in [6, 6.07) is 14.5. The molecule has 29 heavy (non-hydrogen) atoms. The van der Waals surface area contributed by atoms with Crippen molar-refractivity contribution in [2.45, 2.75) is 12.8 Å². The number of hydrogen-bond acceptors (Lipinski definition) is 4. The lowest BCUT2D eigenvalue weighted by Crippen LogP contribution is -2.41. The lowest BCUT2D eigenvalue weighted by molar-refractivity contribution is -0.153. The number of ether oxygens (including phenoxy) is 1. The Morgan fingerprint density at radius 2 is 1.66 bits per heavy atom. The Bertz CT molecular complexity index is 862. The number of para-hydroxylation sites is 1. The van der Waals surface area contributed by atoms with Crippen molar-refractivity contribution in [2.24, 2.45) is 5.92 Å². The van der Waals surface area contributed by atoms with Gasteiger partial charge in [0.05, 0.1) is 5.92 Å². The largest absolute Gasteiger partial charge is 0.455 e. The smallest absolute Gasteiger partial charge is 0.309 e. The number of hydrogen-bond donors (Lipinski definition) is 0. The first-order chi connectivity index (χ1) is 14.0. The Morgan fingerprint density at radius 3 is 2.28 bits per heavy atom. The highest BCUT2D eigenvalue weighted by molar-refractivity contribution is 5.95. The molecule has 6 nitrogen and oxygen atoms in total. The standard InChI is InChI=1S/C22H23FN2O4/c1-24(19-5-3-2-4-6-19)20(26)15-29-22(28)17-11-13-25(14-12-17)21(27)16-7-9-18(23)10-8-16/h2-10,17H,11-15H2,1H3. The van der Waals surface area contributed by atoms with E-state index in [4.69, 9.17) is 4.74 Å². The highest BCUT2D eigenvalue weighted by Gasteiger charge is 2.29. The predicted molar refractivity (Wildman–Crippen MR) is 106 cm³/mol. The van der Waals surface area contributed by atoms with E-state index in [9.17, 15) is 18.8 Å². The van der Waals surface area contributed by atoms with E-state index in [-0.39, 0.29) is 24.3 Å². The predicted octanol–water partition coefficient (Wildman–Crippen LogP) is 2.88. The van der Waals surface area contributed by atoms with Crippen LogP contribution in [0.25, 0.3) is 0 Å². The monoisotopic (exact) mass is 398 g/mol. The molecule has 0 bridgehead atoms. The Labute approximate surface area is 168 Å². The molecule has 152 valence electrons. The van der Waals surface area contributed by atoms with Gasteiger partial charge in [-0.25, -0.2) is 4.39 Å². The summed E-state index contributed by atoms with van der Waals surface area (Å²) in [5.41, 5.74) is 1.14. The molecule has 0 radical (unpaired) electrons. The lowest BCUT2D eigenvalue weighted by Gasteiger charge is -2.31. The van der Waals surface area contributed by atoms with Crippen LogP contribution in [0, 0.1) is 11.7 Å². The minimum Gasteiger partial charge on any atom is -0.455 e. The molecule has 2 amide bonds. The van der Waals surface area contributed by atoms with Crippen LogP contribution >= 0.6 is 0 Å². The number of anilines is 1.